The van der Waals surface area contributed by atoms with Crippen LogP contribution in [0.3, 0.4) is 0 Å². The summed E-state index contributed by atoms with van der Waals surface area (Å²) in [5.41, 5.74) is 0.662. The Bertz CT molecular complexity index is 177. The average Bonchev–Trinajstić information content (AvgIpc) is 1.81. The van der Waals surface area contributed by atoms with Gasteiger partial charge in [-0.1, -0.05) is 12.7 Å². The van der Waals surface area contributed by atoms with Crippen molar-refractivity contribution in [1.82, 2.24) is 0 Å². The van der Waals surface area contributed by atoms with Crippen molar-refractivity contribution >= 4 is 5.78 Å². The fourth-order valence-electron chi connectivity index (χ4n) is 0.582. The molecule has 0 unspecified atom stereocenters. The van der Waals surface area contributed by atoms with E-state index in [0.29, 0.717) is 12.0 Å². The number of carbonyl (C=O) groups is 1. The maximum atomic E-state index is 10.2. The van der Waals surface area contributed by atoms with E-state index in [2.05, 4.69) is 6.58 Å². The number of hydrogen-bond acceptors (Lipinski definition) is 2. The fraction of sp³-hybridized carbons (Fsp3) is 0.167. The van der Waals surface area contributed by atoms with Crippen molar-refractivity contribution in [3.05, 3.63) is 24.0 Å². The summed E-state index contributed by atoms with van der Waals surface area (Å²) < 4.78 is 0. The molecule has 1 aliphatic rings. The second kappa shape index (κ2) is 1.47. The summed E-state index contributed by atoms with van der Waals surface area (Å²) in [5, 5.41) is 8.64. The van der Waals surface area contributed by atoms with Crippen LogP contribution in [0.15, 0.2) is 24.0 Å². The van der Waals surface area contributed by atoms with Gasteiger partial charge in [-0.25, -0.2) is 0 Å². The normalized spacial score (nSPS) is 18.2. The minimum Gasteiger partial charge on any atom is -0.504 e. The zero-order valence-corrected chi connectivity index (χ0v) is 4.35. The quantitative estimate of drug-likeness (QED) is 0.545. The van der Waals surface area contributed by atoms with Crippen LogP contribution in [0.1, 0.15) is 6.42 Å². The zero-order valence-electron chi connectivity index (χ0n) is 4.35. The molecule has 0 aromatic heterocycles. The summed E-state index contributed by atoms with van der Waals surface area (Å²) in [6, 6.07) is 0. The van der Waals surface area contributed by atoms with Gasteiger partial charge in [-0.2, -0.15) is 0 Å². The molecule has 2 nitrogen and oxygen atoms in total. The fourth-order valence-corrected chi connectivity index (χ4v) is 0.582. The van der Waals surface area contributed by atoms with Gasteiger partial charge < -0.3 is 5.11 Å². The minimum atomic E-state index is -0.181. The van der Waals surface area contributed by atoms with Gasteiger partial charge in [-0.3, -0.25) is 4.79 Å². The van der Waals surface area contributed by atoms with E-state index in [4.69, 9.17) is 5.11 Å². The maximum Gasteiger partial charge on any atom is 0.201 e. The van der Waals surface area contributed by atoms with Gasteiger partial charge in [0.15, 0.2) is 5.76 Å². The molecular formula is C6H6O2. The molecule has 0 saturated heterocycles. The van der Waals surface area contributed by atoms with Crippen LogP contribution in [0.5, 0.6) is 0 Å². The van der Waals surface area contributed by atoms with Crippen LogP contribution in [-0.2, 0) is 4.79 Å². The molecule has 0 fully saturated rings. The Balaban J connectivity index is 2.86. The highest BCUT2D eigenvalue weighted by Gasteiger charge is 2.23. The lowest BCUT2D eigenvalue weighted by atomic mass is 9.95. The molecular weight excluding hydrogens is 104 g/mol. The van der Waals surface area contributed by atoms with Crippen molar-refractivity contribution in [3.8, 4) is 0 Å². The highest BCUT2D eigenvalue weighted by molar-refractivity contribution is 6.03. The SMILES string of the molecule is C=CC1=C(O)C(=O)C1. The predicted octanol–water partition coefficient (Wildman–Crippen LogP) is 0.957. The van der Waals surface area contributed by atoms with Gasteiger partial charge in [0, 0.05) is 12.0 Å². The highest BCUT2D eigenvalue weighted by atomic mass is 16.3. The Kier molecular flexibility index (Phi) is 0.938. The summed E-state index contributed by atoms with van der Waals surface area (Å²) >= 11 is 0. The lowest BCUT2D eigenvalue weighted by Crippen LogP contribution is -2.15. The molecule has 0 aromatic carbocycles. The standard InChI is InChI=1S/C6H6O2/c1-2-4-3-5(7)6(4)8/h2,8H,1,3H2. The molecule has 0 saturated carbocycles. The van der Waals surface area contributed by atoms with Crippen molar-refractivity contribution in [2.75, 3.05) is 0 Å². The van der Waals surface area contributed by atoms with Crippen molar-refractivity contribution in [2.45, 2.75) is 6.42 Å². The molecule has 0 amide bonds. The smallest absolute Gasteiger partial charge is 0.201 e. The first-order valence-electron chi connectivity index (χ1n) is 2.33. The highest BCUT2D eigenvalue weighted by Crippen LogP contribution is 2.21. The third kappa shape index (κ3) is 0.461. The van der Waals surface area contributed by atoms with Crippen molar-refractivity contribution in [2.24, 2.45) is 0 Å². The van der Waals surface area contributed by atoms with E-state index >= 15 is 0 Å². The number of hydrogen-bond donors (Lipinski definition) is 1. The molecule has 42 valence electrons. The van der Waals surface area contributed by atoms with Crippen LogP contribution in [0, 0.1) is 0 Å². The van der Waals surface area contributed by atoms with Crippen LogP contribution in [0.4, 0.5) is 0 Å². The number of aliphatic hydroxyl groups is 1. The first-order valence-corrected chi connectivity index (χ1v) is 2.33. The second-order valence-electron chi connectivity index (χ2n) is 1.68. The third-order valence-electron chi connectivity index (χ3n) is 1.17. The van der Waals surface area contributed by atoms with Gasteiger partial charge in [0.05, 0.1) is 0 Å². The monoisotopic (exact) mass is 110 g/mol. The Morgan fingerprint density at radius 3 is 2.50 bits per heavy atom. The zero-order chi connectivity index (χ0) is 6.15. The molecule has 1 aliphatic carbocycles. The number of Topliss-reactive ketones (excluding diaryl/α,β-unsaturated/α-hetero) is 1. The van der Waals surface area contributed by atoms with E-state index in [0.717, 1.165) is 0 Å². The lowest BCUT2D eigenvalue weighted by molar-refractivity contribution is -0.119. The predicted molar refractivity (Wildman–Crippen MR) is 29.5 cm³/mol. The molecule has 1 N–H and O–H groups in total. The first kappa shape index (κ1) is 5.09. The van der Waals surface area contributed by atoms with E-state index in [1.807, 2.05) is 0 Å². The van der Waals surface area contributed by atoms with E-state index < -0.39 is 0 Å². The summed E-state index contributed by atoms with van der Waals surface area (Å²) in [7, 11) is 0. The molecule has 1 rings (SSSR count). The van der Waals surface area contributed by atoms with Crippen molar-refractivity contribution in [1.29, 1.82) is 0 Å². The Hall–Kier alpha value is -1.05. The Morgan fingerprint density at radius 2 is 2.38 bits per heavy atom. The summed E-state index contributed by atoms with van der Waals surface area (Å²) in [6.07, 6.45) is 1.85. The van der Waals surface area contributed by atoms with E-state index in [1.54, 1.807) is 0 Å². The van der Waals surface area contributed by atoms with Gasteiger partial charge in [-0.15, -0.1) is 0 Å². The van der Waals surface area contributed by atoms with Gasteiger partial charge in [-0.05, 0) is 0 Å². The number of carbonyl (C=O) groups excluding carboxylic acids is 1. The van der Waals surface area contributed by atoms with Crippen LogP contribution in [-0.4, -0.2) is 10.9 Å². The van der Waals surface area contributed by atoms with Gasteiger partial charge in [0.1, 0.15) is 0 Å². The third-order valence-corrected chi connectivity index (χ3v) is 1.17. The molecule has 0 spiro atoms. The van der Waals surface area contributed by atoms with Crippen LogP contribution >= 0.6 is 0 Å². The molecule has 0 radical (unpaired) electrons. The lowest BCUT2D eigenvalue weighted by Gasteiger charge is -2.12. The first-order chi connectivity index (χ1) is 3.75. The number of ketones is 1. The molecule has 0 heterocycles. The molecule has 0 aromatic rings. The summed E-state index contributed by atoms with van der Waals surface area (Å²) in [4.78, 5) is 10.2. The molecule has 0 atom stereocenters. The van der Waals surface area contributed by atoms with Crippen molar-refractivity contribution < 1.29 is 9.90 Å². The van der Waals surface area contributed by atoms with E-state index in [-0.39, 0.29) is 11.5 Å². The molecule has 0 aliphatic heterocycles. The number of rotatable bonds is 1. The van der Waals surface area contributed by atoms with Gasteiger partial charge in [0.25, 0.3) is 0 Å². The largest absolute Gasteiger partial charge is 0.504 e. The second-order valence-corrected chi connectivity index (χ2v) is 1.68. The summed E-state index contributed by atoms with van der Waals surface area (Å²) in [6.45, 7) is 3.40. The number of allylic oxidation sites excluding steroid dienone is 3. The van der Waals surface area contributed by atoms with Gasteiger partial charge in [0.2, 0.25) is 5.78 Å². The van der Waals surface area contributed by atoms with Crippen LogP contribution in [0.2, 0.25) is 0 Å². The van der Waals surface area contributed by atoms with Crippen molar-refractivity contribution in [3.63, 3.8) is 0 Å². The van der Waals surface area contributed by atoms with Gasteiger partial charge >= 0.3 is 0 Å². The minimum absolute atomic E-state index is 0.111. The van der Waals surface area contributed by atoms with E-state index in [1.165, 1.54) is 6.08 Å². The van der Waals surface area contributed by atoms with Crippen LogP contribution < -0.4 is 0 Å². The Morgan fingerprint density at radius 1 is 1.75 bits per heavy atom. The topological polar surface area (TPSA) is 37.3 Å². The maximum absolute atomic E-state index is 10.2. The Labute approximate surface area is 47.1 Å². The number of aliphatic hydroxyl groups excluding tert-OH is 1. The average molecular weight is 110 g/mol. The van der Waals surface area contributed by atoms with E-state index in [9.17, 15) is 4.79 Å². The molecule has 0 bridgehead atoms. The summed E-state index contributed by atoms with van der Waals surface area (Å²) in [5.74, 6) is -0.292. The van der Waals surface area contributed by atoms with Crippen LogP contribution in [0.25, 0.3) is 0 Å². The molecule has 2 heteroatoms. The molecule has 8 heavy (non-hydrogen) atoms.